The molecule has 2 aliphatic heterocycles. The molecule has 31 heavy (non-hydrogen) atoms. The molecule has 7 heteroatoms. The van der Waals surface area contributed by atoms with Crippen LogP contribution in [0, 0.1) is 0 Å². The van der Waals surface area contributed by atoms with E-state index in [2.05, 4.69) is 4.72 Å². The van der Waals surface area contributed by atoms with Crippen LogP contribution in [-0.4, -0.2) is 33.5 Å². The maximum atomic E-state index is 12.2. The second-order valence-corrected chi connectivity index (χ2v) is 9.61. The van der Waals surface area contributed by atoms with E-state index >= 15 is 0 Å². The van der Waals surface area contributed by atoms with Crippen molar-refractivity contribution in [3.8, 4) is 5.75 Å². The molecular weight excluding hydrogens is 414 g/mol. The molecule has 4 rings (SSSR count). The molecule has 0 amide bonds. The van der Waals surface area contributed by atoms with Gasteiger partial charge < -0.3 is 14.2 Å². The Morgan fingerprint density at radius 2 is 1.68 bits per heavy atom. The van der Waals surface area contributed by atoms with Crippen LogP contribution in [0.25, 0.3) is 5.57 Å². The summed E-state index contributed by atoms with van der Waals surface area (Å²) in [7, 11) is -3.54. The van der Waals surface area contributed by atoms with Gasteiger partial charge in [0.25, 0.3) is 10.0 Å². The molecule has 6 nitrogen and oxygen atoms in total. The zero-order chi connectivity index (χ0) is 21.7. The Bertz CT molecular complexity index is 989. The van der Waals surface area contributed by atoms with Gasteiger partial charge in [0, 0.05) is 18.5 Å². The van der Waals surface area contributed by atoms with Gasteiger partial charge in [0.1, 0.15) is 5.75 Å². The average Bonchev–Trinajstić information content (AvgIpc) is 3.19. The minimum atomic E-state index is -3.54. The lowest BCUT2D eigenvalue weighted by Crippen LogP contribution is -2.38. The molecule has 1 aromatic rings. The van der Waals surface area contributed by atoms with Gasteiger partial charge in [-0.3, -0.25) is 4.72 Å². The first kappa shape index (κ1) is 21.9. The highest BCUT2D eigenvalue weighted by Gasteiger charge is 2.40. The fourth-order valence-corrected chi connectivity index (χ4v) is 5.12. The van der Waals surface area contributed by atoms with Gasteiger partial charge in [-0.2, -0.15) is 0 Å². The van der Waals surface area contributed by atoms with Gasteiger partial charge in [-0.25, -0.2) is 8.42 Å². The minimum absolute atomic E-state index is 0.149. The van der Waals surface area contributed by atoms with Crippen molar-refractivity contribution >= 4 is 15.6 Å². The standard InChI is InChI=1S/C24H29NO5S/c1-19-23(7-5-3-2-4-6-18-31(26,27)25-19)20-8-10-21(11-9-20)30-22-12-14-24(15-13-22)28-16-17-29-24/h2-6,8-11,18,22,25H,7,12-17H2,1H3/b4-2-,5-3-,18-6-,23-19-. The lowest BCUT2D eigenvalue weighted by molar-refractivity contribution is -0.186. The van der Waals surface area contributed by atoms with Crippen molar-refractivity contribution in [3.05, 3.63) is 71.3 Å². The number of hydrogen-bond donors (Lipinski definition) is 1. The maximum absolute atomic E-state index is 12.2. The van der Waals surface area contributed by atoms with E-state index in [0.29, 0.717) is 25.3 Å². The largest absolute Gasteiger partial charge is 0.490 e. The number of ether oxygens (including phenoxy) is 3. The van der Waals surface area contributed by atoms with Gasteiger partial charge in [0.15, 0.2) is 5.79 Å². The fourth-order valence-electron chi connectivity index (χ4n) is 4.20. The van der Waals surface area contributed by atoms with Gasteiger partial charge in [-0.1, -0.05) is 36.4 Å². The molecule has 1 aromatic carbocycles. The number of nitrogens with one attached hydrogen (secondary N) is 1. The molecule has 2 fully saturated rings. The van der Waals surface area contributed by atoms with Crippen molar-refractivity contribution in [2.75, 3.05) is 13.2 Å². The number of rotatable bonds is 3. The highest BCUT2D eigenvalue weighted by atomic mass is 32.2. The third-order valence-corrected chi connectivity index (χ3v) is 6.92. The molecule has 0 aromatic heterocycles. The molecule has 1 saturated carbocycles. The maximum Gasteiger partial charge on any atom is 0.254 e. The third-order valence-electron chi connectivity index (χ3n) is 5.81. The Morgan fingerprint density at radius 3 is 2.39 bits per heavy atom. The first-order valence-electron chi connectivity index (χ1n) is 10.7. The van der Waals surface area contributed by atoms with Crippen LogP contribution in [0.3, 0.4) is 0 Å². The van der Waals surface area contributed by atoms with E-state index in [1.54, 1.807) is 13.0 Å². The molecule has 1 saturated heterocycles. The van der Waals surface area contributed by atoms with E-state index in [4.69, 9.17) is 14.2 Å². The summed E-state index contributed by atoms with van der Waals surface area (Å²) in [6.45, 7) is 3.15. The molecule has 0 atom stereocenters. The van der Waals surface area contributed by atoms with Crippen LogP contribution < -0.4 is 9.46 Å². The van der Waals surface area contributed by atoms with Crippen molar-refractivity contribution < 1.29 is 22.6 Å². The van der Waals surface area contributed by atoms with Crippen LogP contribution in [-0.2, 0) is 19.5 Å². The van der Waals surface area contributed by atoms with Crippen LogP contribution in [0.2, 0.25) is 0 Å². The summed E-state index contributed by atoms with van der Waals surface area (Å²) in [6.07, 6.45) is 13.2. The topological polar surface area (TPSA) is 73.9 Å². The van der Waals surface area contributed by atoms with Crippen LogP contribution in [0.5, 0.6) is 5.75 Å². The van der Waals surface area contributed by atoms with Crippen molar-refractivity contribution in [2.24, 2.45) is 0 Å². The summed E-state index contributed by atoms with van der Waals surface area (Å²) in [6, 6.07) is 7.86. The Labute approximate surface area is 184 Å². The van der Waals surface area contributed by atoms with E-state index < -0.39 is 10.0 Å². The van der Waals surface area contributed by atoms with E-state index in [9.17, 15) is 8.42 Å². The van der Waals surface area contributed by atoms with Crippen molar-refractivity contribution in [2.45, 2.75) is 50.9 Å². The summed E-state index contributed by atoms with van der Waals surface area (Å²) >= 11 is 0. The predicted molar refractivity (Wildman–Crippen MR) is 121 cm³/mol. The third kappa shape index (κ3) is 5.67. The quantitative estimate of drug-likeness (QED) is 0.748. The summed E-state index contributed by atoms with van der Waals surface area (Å²) < 4.78 is 44.9. The second kappa shape index (κ2) is 9.42. The average molecular weight is 444 g/mol. The van der Waals surface area contributed by atoms with E-state index in [0.717, 1.165) is 48.0 Å². The van der Waals surface area contributed by atoms with E-state index in [-0.39, 0.29) is 11.9 Å². The molecule has 1 spiro atoms. The van der Waals surface area contributed by atoms with Crippen LogP contribution >= 0.6 is 0 Å². The number of allylic oxidation sites excluding steroid dienone is 7. The first-order valence-corrected chi connectivity index (χ1v) is 12.3. The molecule has 0 unspecified atom stereocenters. The highest BCUT2D eigenvalue weighted by molar-refractivity contribution is 7.92. The molecule has 1 aliphatic carbocycles. The van der Waals surface area contributed by atoms with Crippen molar-refractivity contribution in [1.82, 2.24) is 4.72 Å². The Hall–Kier alpha value is -2.35. The Morgan fingerprint density at radius 1 is 1.00 bits per heavy atom. The molecule has 166 valence electrons. The molecule has 1 N–H and O–H groups in total. The van der Waals surface area contributed by atoms with Crippen LogP contribution in [0.15, 0.2) is 65.8 Å². The van der Waals surface area contributed by atoms with Crippen LogP contribution in [0.1, 0.15) is 44.6 Å². The number of hydrogen-bond acceptors (Lipinski definition) is 5. The van der Waals surface area contributed by atoms with Gasteiger partial charge in [-0.15, -0.1) is 0 Å². The van der Waals surface area contributed by atoms with Crippen molar-refractivity contribution in [3.63, 3.8) is 0 Å². The van der Waals surface area contributed by atoms with Gasteiger partial charge in [-0.05, 0) is 55.5 Å². The van der Waals surface area contributed by atoms with Gasteiger partial charge >= 0.3 is 0 Å². The van der Waals surface area contributed by atoms with E-state index in [1.165, 1.54) is 6.08 Å². The fraction of sp³-hybridized carbons (Fsp3) is 0.417. The lowest BCUT2D eigenvalue weighted by Gasteiger charge is -2.35. The SMILES string of the molecule is C/C1=C(/c2ccc(OC3CCC4(CC3)OCCO4)cc2)C\C=C/C=C\C=C/S(=O)(=O)N1. The Kier molecular flexibility index (Phi) is 6.65. The lowest BCUT2D eigenvalue weighted by atomic mass is 9.91. The zero-order valence-electron chi connectivity index (χ0n) is 17.8. The minimum Gasteiger partial charge on any atom is -0.490 e. The normalized spacial score (nSPS) is 28.9. The molecule has 2 heterocycles. The molecule has 0 radical (unpaired) electrons. The summed E-state index contributed by atoms with van der Waals surface area (Å²) in [4.78, 5) is 0. The first-order chi connectivity index (χ1) is 14.9. The number of benzene rings is 1. The monoisotopic (exact) mass is 443 g/mol. The Balaban J connectivity index is 1.45. The van der Waals surface area contributed by atoms with E-state index in [1.807, 2.05) is 42.5 Å². The predicted octanol–water partition coefficient (Wildman–Crippen LogP) is 4.43. The summed E-state index contributed by atoms with van der Waals surface area (Å²) in [5.41, 5.74) is 2.49. The smallest absolute Gasteiger partial charge is 0.254 e. The second-order valence-electron chi connectivity index (χ2n) is 8.05. The van der Waals surface area contributed by atoms with Crippen LogP contribution in [0.4, 0.5) is 0 Å². The van der Waals surface area contributed by atoms with Gasteiger partial charge in [0.2, 0.25) is 0 Å². The molecule has 3 aliphatic rings. The van der Waals surface area contributed by atoms with Gasteiger partial charge in [0.05, 0.1) is 24.7 Å². The summed E-state index contributed by atoms with van der Waals surface area (Å²) in [5, 5.41) is 1.16. The molecule has 0 bridgehead atoms. The summed E-state index contributed by atoms with van der Waals surface area (Å²) in [5.74, 6) is 0.433. The molecular formula is C24H29NO5S. The number of sulfonamides is 1. The van der Waals surface area contributed by atoms with Crippen molar-refractivity contribution in [1.29, 1.82) is 0 Å². The highest BCUT2D eigenvalue weighted by Crippen LogP contribution is 2.37. The zero-order valence-corrected chi connectivity index (χ0v) is 18.6.